The predicted molar refractivity (Wildman–Crippen MR) is 82.5 cm³/mol. The van der Waals surface area contributed by atoms with Gasteiger partial charge in [0.1, 0.15) is 0 Å². The molecule has 19 heavy (non-hydrogen) atoms. The predicted octanol–water partition coefficient (Wildman–Crippen LogP) is 2.76. The molecule has 0 aromatic carbocycles. The first-order valence-electron chi connectivity index (χ1n) is 7.72. The molecule has 0 bridgehead atoms. The molecule has 1 saturated heterocycles. The number of nitrogens with one attached hydrogen (secondary N) is 1. The number of rotatable bonds is 6. The third kappa shape index (κ3) is 4.17. The Morgan fingerprint density at radius 3 is 2.21 bits per heavy atom. The van der Waals surface area contributed by atoms with Crippen LogP contribution in [0.1, 0.15) is 48.5 Å². The maximum atomic E-state index is 6.33. The molecular formula is C16H34N2O. The van der Waals surface area contributed by atoms with Crippen molar-refractivity contribution in [2.45, 2.75) is 65.7 Å². The largest absolute Gasteiger partial charge is 0.368 e. The number of hydrogen-bond donors (Lipinski definition) is 1. The molecule has 2 atom stereocenters. The van der Waals surface area contributed by atoms with Crippen molar-refractivity contribution in [1.82, 2.24) is 10.2 Å². The minimum Gasteiger partial charge on any atom is -0.368 e. The van der Waals surface area contributed by atoms with Crippen LogP contribution in [0.15, 0.2) is 0 Å². The Labute approximate surface area is 120 Å². The van der Waals surface area contributed by atoms with Gasteiger partial charge in [0.15, 0.2) is 0 Å². The Hall–Kier alpha value is -0.120. The molecule has 0 saturated carbocycles. The Bertz CT molecular complexity index is 286. The molecule has 3 heteroatoms. The van der Waals surface area contributed by atoms with E-state index in [-0.39, 0.29) is 11.2 Å². The van der Waals surface area contributed by atoms with Gasteiger partial charge < -0.3 is 15.0 Å². The van der Waals surface area contributed by atoms with Crippen LogP contribution in [0.2, 0.25) is 0 Å². The van der Waals surface area contributed by atoms with Crippen LogP contribution in [-0.4, -0.2) is 48.8 Å². The minimum atomic E-state index is -0.0944. The van der Waals surface area contributed by atoms with Gasteiger partial charge >= 0.3 is 0 Å². The van der Waals surface area contributed by atoms with Gasteiger partial charge in [-0.3, -0.25) is 0 Å². The molecule has 1 fully saturated rings. The van der Waals surface area contributed by atoms with Gasteiger partial charge in [-0.25, -0.2) is 0 Å². The van der Waals surface area contributed by atoms with Crippen LogP contribution in [0.5, 0.6) is 0 Å². The SMILES string of the molecule is CCNC1C(CN(C)CC(C)C)C(C)(C)OC1(C)C. The molecular weight excluding hydrogens is 236 g/mol. The fourth-order valence-corrected chi connectivity index (χ4v) is 3.67. The van der Waals surface area contributed by atoms with E-state index >= 15 is 0 Å². The topological polar surface area (TPSA) is 24.5 Å². The molecule has 0 radical (unpaired) electrons. The fraction of sp³-hybridized carbons (Fsp3) is 1.00. The number of nitrogens with zero attached hydrogens (tertiary/aromatic N) is 1. The molecule has 0 aromatic rings. The van der Waals surface area contributed by atoms with E-state index in [0.29, 0.717) is 17.9 Å². The summed E-state index contributed by atoms with van der Waals surface area (Å²) in [6, 6.07) is 0.419. The average Bonchev–Trinajstić information content (AvgIpc) is 2.35. The summed E-state index contributed by atoms with van der Waals surface area (Å²) < 4.78 is 6.33. The van der Waals surface area contributed by atoms with E-state index in [1.54, 1.807) is 0 Å². The van der Waals surface area contributed by atoms with E-state index in [0.717, 1.165) is 19.6 Å². The summed E-state index contributed by atoms with van der Waals surface area (Å²) >= 11 is 0. The Morgan fingerprint density at radius 1 is 1.16 bits per heavy atom. The quantitative estimate of drug-likeness (QED) is 0.803. The van der Waals surface area contributed by atoms with Crippen LogP contribution in [0, 0.1) is 11.8 Å². The van der Waals surface area contributed by atoms with Gasteiger partial charge in [-0.05, 0) is 47.2 Å². The van der Waals surface area contributed by atoms with E-state index in [4.69, 9.17) is 4.74 Å². The van der Waals surface area contributed by atoms with Crippen molar-refractivity contribution >= 4 is 0 Å². The van der Waals surface area contributed by atoms with Gasteiger partial charge in [0.05, 0.1) is 11.2 Å². The second-order valence-corrected chi connectivity index (χ2v) is 7.57. The first-order chi connectivity index (χ1) is 8.60. The Balaban J connectivity index is 2.81. The lowest BCUT2D eigenvalue weighted by Crippen LogP contribution is -2.50. The summed E-state index contributed by atoms with van der Waals surface area (Å²) in [6.45, 7) is 18.9. The summed E-state index contributed by atoms with van der Waals surface area (Å²) in [7, 11) is 2.23. The zero-order valence-electron chi connectivity index (χ0n) is 14.2. The van der Waals surface area contributed by atoms with Gasteiger partial charge in [-0.15, -0.1) is 0 Å². The van der Waals surface area contributed by atoms with Crippen molar-refractivity contribution in [1.29, 1.82) is 0 Å². The highest BCUT2D eigenvalue weighted by molar-refractivity contribution is 5.05. The maximum Gasteiger partial charge on any atom is 0.0790 e. The first-order valence-corrected chi connectivity index (χ1v) is 7.72. The summed E-state index contributed by atoms with van der Waals surface area (Å²) in [5.41, 5.74) is -0.162. The van der Waals surface area contributed by atoms with E-state index in [9.17, 15) is 0 Å². The van der Waals surface area contributed by atoms with E-state index in [1.807, 2.05) is 0 Å². The van der Waals surface area contributed by atoms with E-state index < -0.39 is 0 Å². The number of likely N-dealkylation sites (N-methyl/N-ethyl adjacent to an activating group) is 1. The molecule has 0 amide bonds. The molecule has 2 unspecified atom stereocenters. The highest BCUT2D eigenvalue weighted by Crippen LogP contribution is 2.42. The zero-order chi connectivity index (χ0) is 14.8. The van der Waals surface area contributed by atoms with Crippen LogP contribution in [0.4, 0.5) is 0 Å². The molecule has 1 N–H and O–H groups in total. The van der Waals surface area contributed by atoms with Crippen molar-refractivity contribution in [2.75, 3.05) is 26.7 Å². The Morgan fingerprint density at radius 2 is 1.74 bits per heavy atom. The molecule has 0 spiro atoms. The third-order valence-electron chi connectivity index (χ3n) is 4.18. The normalized spacial score (nSPS) is 29.4. The lowest BCUT2D eigenvalue weighted by atomic mass is 9.82. The van der Waals surface area contributed by atoms with Crippen molar-refractivity contribution in [2.24, 2.45) is 11.8 Å². The van der Waals surface area contributed by atoms with Gasteiger partial charge in [0.2, 0.25) is 0 Å². The smallest absolute Gasteiger partial charge is 0.0790 e. The molecule has 1 rings (SSSR count). The third-order valence-corrected chi connectivity index (χ3v) is 4.18. The van der Waals surface area contributed by atoms with Crippen LogP contribution < -0.4 is 5.32 Å². The van der Waals surface area contributed by atoms with Gasteiger partial charge in [0, 0.05) is 25.0 Å². The first kappa shape index (κ1) is 16.9. The van der Waals surface area contributed by atoms with Crippen LogP contribution in [0.3, 0.4) is 0 Å². The minimum absolute atomic E-state index is 0.0679. The van der Waals surface area contributed by atoms with Crippen molar-refractivity contribution in [3.8, 4) is 0 Å². The van der Waals surface area contributed by atoms with Crippen LogP contribution >= 0.6 is 0 Å². The van der Waals surface area contributed by atoms with Gasteiger partial charge in [-0.2, -0.15) is 0 Å². The molecule has 0 aromatic heterocycles. The highest BCUT2D eigenvalue weighted by atomic mass is 16.5. The molecule has 3 nitrogen and oxygen atoms in total. The number of ether oxygens (including phenoxy) is 1. The van der Waals surface area contributed by atoms with Crippen molar-refractivity contribution < 1.29 is 4.74 Å². The maximum absolute atomic E-state index is 6.33. The fourth-order valence-electron chi connectivity index (χ4n) is 3.67. The zero-order valence-corrected chi connectivity index (χ0v) is 14.2. The molecule has 1 aliphatic heterocycles. The van der Waals surface area contributed by atoms with Gasteiger partial charge in [-0.1, -0.05) is 20.8 Å². The molecule has 1 aliphatic rings. The second-order valence-electron chi connectivity index (χ2n) is 7.57. The monoisotopic (exact) mass is 270 g/mol. The Kier molecular flexibility index (Phi) is 5.44. The highest BCUT2D eigenvalue weighted by Gasteiger charge is 2.53. The molecule has 1 heterocycles. The number of hydrogen-bond acceptors (Lipinski definition) is 3. The summed E-state index contributed by atoms with van der Waals surface area (Å²) in [5.74, 6) is 1.23. The average molecular weight is 270 g/mol. The summed E-state index contributed by atoms with van der Waals surface area (Å²) in [5, 5.41) is 3.65. The summed E-state index contributed by atoms with van der Waals surface area (Å²) in [4.78, 5) is 2.45. The van der Waals surface area contributed by atoms with E-state index in [2.05, 4.69) is 65.7 Å². The lowest BCUT2D eigenvalue weighted by molar-refractivity contribution is -0.0793. The van der Waals surface area contributed by atoms with Crippen molar-refractivity contribution in [3.63, 3.8) is 0 Å². The van der Waals surface area contributed by atoms with Crippen LogP contribution in [0.25, 0.3) is 0 Å². The van der Waals surface area contributed by atoms with Crippen LogP contribution in [-0.2, 0) is 4.74 Å². The lowest BCUT2D eigenvalue weighted by Gasteiger charge is -2.33. The van der Waals surface area contributed by atoms with Crippen molar-refractivity contribution in [3.05, 3.63) is 0 Å². The van der Waals surface area contributed by atoms with Gasteiger partial charge in [0.25, 0.3) is 0 Å². The van der Waals surface area contributed by atoms with E-state index in [1.165, 1.54) is 0 Å². The molecule has 114 valence electrons. The summed E-state index contributed by atoms with van der Waals surface area (Å²) in [6.07, 6.45) is 0. The molecule has 0 aliphatic carbocycles. The second kappa shape index (κ2) is 6.11. The standard InChI is InChI=1S/C16H34N2O/c1-9-17-14-13(11-18(8)10-12(2)3)15(4,5)19-16(14,6)7/h12-14,17H,9-11H2,1-8H3.